The van der Waals surface area contributed by atoms with Crippen LogP contribution < -0.4 is 5.73 Å². The molecule has 2 heteroatoms. The number of carbonyl (C=O) groups is 1. The van der Waals surface area contributed by atoms with E-state index in [0.29, 0.717) is 6.42 Å². The Labute approximate surface area is 151 Å². The maximum atomic E-state index is 10.6. The topological polar surface area (TPSA) is 43.1 Å². The predicted molar refractivity (Wildman–Crippen MR) is 107 cm³/mol. The van der Waals surface area contributed by atoms with E-state index in [1.165, 1.54) is 89.9 Å². The quantitative estimate of drug-likeness (QED) is 0.199. The van der Waals surface area contributed by atoms with Crippen LogP contribution in [0.1, 0.15) is 122 Å². The van der Waals surface area contributed by atoms with Crippen molar-refractivity contribution in [2.75, 3.05) is 0 Å². The summed E-state index contributed by atoms with van der Waals surface area (Å²) in [6, 6.07) is 0. The van der Waals surface area contributed by atoms with Crippen LogP contribution in [0.2, 0.25) is 0 Å². The molecule has 0 unspecified atom stereocenters. The Bertz CT molecular complexity index is 286. The molecule has 0 saturated heterocycles. The highest BCUT2D eigenvalue weighted by atomic mass is 16.1. The average molecular weight is 338 g/mol. The van der Waals surface area contributed by atoms with Crippen molar-refractivity contribution in [1.29, 1.82) is 0 Å². The molecule has 0 saturated carbocycles. The number of nitrogens with two attached hydrogens (primary N) is 1. The van der Waals surface area contributed by atoms with Crippen LogP contribution in [-0.4, -0.2) is 5.91 Å². The molecule has 0 fully saturated rings. The first kappa shape index (κ1) is 23.2. The number of primary amides is 1. The van der Waals surface area contributed by atoms with E-state index in [9.17, 15) is 4.79 Å². The van der Waals surface area contributed by atoms with Gasteiger partial charge in [0.15, 0.2) is 0 Å². The first-order valence-corrected chi connectivity index (χ1v) is 10.7. The van der Waals surface area contributed by atoms with E-state index in [1.54, 1.807) is 0 Å². The first-order valence-electron chi connectivity index (χ1n) is 10.7. The molecule has 0 atom stereocenters. The number of allylic oxidation sites excluding steroid dienone is 2. The van der Waals surface area contributed by atoms with Crippen LogP contribution >= 0.6 is 0 Å². The summed E-state index contributed by atoms with van der Waals surface area (Å²) in [5, 5.41) is 0. The highest BCUT2D eigenvalue weighted by molar-refractivity contribution is 5.73. The molecular formula is C22H43NO. The lowest BCUT2D eigenvalue weighted by atomic mass is 10.0. The molecule has 0 aromatic heterocycles. The van der Waals surface area contributed by atoms with E-state index in [-0.39, 0.29) is 5.91 Å². The highest BCUT2D eigenvalue weighted by Gasteiger charge is 1.94. The third-order valence-electron chi connectivity index (χ3n) is 4.68. The third-order valence-corrected chi connectivity index (χ3v) is 4.68. The fraction of sp³-hybridized carbons (Fsp3) is 0.864. The zero-order valence-electron chi connectivity index (χ0n) is 16.4. The van der Waals surface area contributed by atoms with Crippen LogP contribution in [-0.2, 0) is 4.79 Å². The van der Waals surface area contributed by atoms with Crippen molar-refractivity contribution in [3.8, 4) is 0 Å². The zero-order chi connectivity index (χ0) is 17.7. The van der Waals surface area contributed by atoms with E-state index >= 15 is 0 Å². The van der Waals surface area contributed by atoms with E-state index in [1.807, 2.05) is 0 Å². The number of hydrogen-bond acceptors (Lipinski definition) is 1. The van der Waals surface area contributed by atoms with Crippen LogP contribution in [0.3, 0.4) is 0 Å². The summed E-state index contributed by atoms with van der Waals surface area (Å²) in [5.41, 5.74) is 5.11. The third kappa shape index (κ3) is 21.2. The van der Waals surface area contributed by atoms with Gasteiger partial charge >= 0.3 is 0 Å². The fourth-order valence-electron chi connectivity index (χ4n) is 3.08. The monoisotopic (exact) mass is 337 g/mol. The van der Waals surface area contributed by atoms with E-state index in [2.05, 4.69) is 19.1 Å². The Morgan fingerprint density at radius 2 is 1.00 bits per heavy atom. The number of rotatable bonds is 19. The predicted octanol–water partition coefficient (Wildman–Crippen LogP) is 7.07. The molecule has 0 heterocycles. The standard InChI is InChI=1S/C22H43NO/c1-2-3-4-5-6-7-8-9-10-11-12-13-14-15-16-17-18-19-20-21-22(23)24/h16-17H,2-15,18-21H2,1H3,(H2,23,24). The molecule has 0 aromatic rings. The lowest BCUT2D eigenvalue weighted by molar-refractivity contribution is -0.118. The van der Waals surface area contributed by atoms with Crippen molar-refractivity contribution in [3.63, 3.8) is 0 Å². The van der Waals surface area contributed by atoms with Gasteiger partial charge in [-0.2, -0.15) is 0 Å². The second-order valence-corrected chi connectivity index (χ2v) is 7.21. The van der Waals surface area contributed by atoms with Crippen molar-refractivity contribution < 1.29 is 4.79 Å². The summed E-state index contributed by atoms with van der Waals surface area (Å²) < 4.78 is 0. The molecule has 0 bridgehead atoms. The molecule has 1 amide bonds. The molecule has 2 N–H and O–H groups in total. The van der Waals surface area contributed by atoms with E-state index in [4.69, 9.17) is 5.73 Å². The molecule has 0 spiro atoms. The Morgan fingerprint density at radius 1 is 0.625 bits per heavy atom. The van der Waals surface area contributed by atoms with Gasteiger partial charge in [0.05, 0.1) is 0 Å². The van der Waals surface area contributed by atoms with Gasteiger partial charge in [-0.25, -0.2) is 0 Å². The number of hydrogen-bond donors (Lipinski definition) is 1. The zero-order valence-corrected chi connectivity index (χ0v) is 16.4. The van der Waals surface area contributed by atoms with Gasteiger partial charge in [-0.1, -0.05) is 96.1 Å². The normalized spacial score (nSPS) is 11.4. The second-order valence-electron chi connectivity index (χ2n) is 7.21. The minimum absolute atomic E-state index is 0.175. The molecule has 0 radical (unpaired) electrons. The molecular weight excluding hydrogens is 294 g/mol. The van der Waals surface area contributed by atoms with Crippen LogP contribution in [0, 0.1) is 0 Å². The summed E-state index contributed by atoms with van der Waals surface area (Å²) in [6.45, 7) is 2.28. The Balaban J connectivity index is 3.05. The van der Waals surface area contributed by atoms with Crippen molar-refractivity contribution in [3.05, 3.63) is 12.2 Å². The maximum Gasteiger partial charge on any atom is 0.217 e. The van der Waals surface area contributed by atoms with Gasteiger partial charge in [0.25, 0.3) is 0 Å². The molecule has 24 heavy (non-hydrogen) atoms. The van der Waals surface area contributed by atoms with Crippen molar-refractivity contribution in [2.45, 2.75) is 122 Å². The van der Waals surface area contributed by atoms with Gasteiger partial charge < -0.3 is 5.73 Å². The summed E-state index contributed by atoms with van der Waals surface area (Å²) in [6.07, 6.45) is 27.9. The highest BCUT2D eigenvalue weighted by Crippen LogP contribution is 2.13. The van der Waals surface area contributed by atoms with Crippen LogP contribution in [0.4, 0.5) is 0 Å². The van der Waals surface area contributed by atoms with Crippen molar-refractivity contribution in [1.82, 2.24) is 0 Å². The Kier molecular flexibility index (Phi) is 19.6. The molecule has 0 aliphatic rings. The molecule has 0 rings (SSSR count). The summed E-state index contributed by atoms with van der Waals surface area (Å²) >= 11 is 0. The van der Waals surface area contributed by atoms with Gasteiger partial charge in [0, 0.05) is 6.42 Å². The van der Waals surface area contributed by atoms with Gasteiger partial charge in [0.2, 0.25) is 5.91 Å². The van der Waals surface area contributed by atoms with Gasteiger partial charge in [-0.3, -0.25) is 4.79 Å². The maximum absolute atomic E-state index is 10.6. The fourth-order valence-corrected chi connectivity index (χ4v) is 3.08. The average Bonchev–Trinajstić information content (AvgIpc) is 2.56. The van der Waals surface area contributed by atoms with E-state index in [0.717, 1.165) is 19.3 Å². The van der Waals surface area contributed by atoms with Crippen LogP contribution in [0.25, 0.3) is 0 Å². The molecule has 0 aliphatic heterocycles. The number of carbonyl (C=O) groups excluding carboxylic acids is 1. The molecule has 0 aliphatic carbocycles. The largest absolute Gasteiger partial charge is 0.370 e. The minimum atomic E-state index is -0.175. The SMILES string of the molecule is CCCCCCCCCCCCCCCC=CCCCCC(N)=O. The van der Waals surface area contributed by atoms with Crippen LogP contribution in [0.15, 0.2) is 12.2 Å². The number of unbranched alkanes of at least 4 members (excludes halogenated alkanes) is 15. The molecule has 2 nitrogen and oxygen atoms in total. The number of amides is 1. The second kappa shape index (κ2) is 20.3. The lowest BCUT2D eigenvalue weighted by Gasteiger charge is -2.02. The van der Waals surface area contributed by atoms with Gasteiger partial charge in [0.1, 0.15) is 0 Å². The molecule has 0 aromatic carbocycles. The summed E-state index contributed by atoms with van der Waals surface area (Å²) in [4.78, 5) is 10.6. The Morgan fingerprint density at radius 3 is 1.42 bits per heavy atom. The first-order chi connectivity index (χ1) is 11.8. The molecule has 142 valence electrons. The van der Waals surface area contributed by atoms with Gasteiger partial charge in [-0.05, 0) is 32.1 Å². The van der Waals surface area contributed by atoms with Gasteiger partial charge in [-0.15, -0.1) is 0 Å². The van der Waals surface area contributed by atoms with Crippen molar-refractivity contribution in [2.24, 2.45) is 5.73 Å². The Hall–Kier alpha value is -0.790. The smallest absolute Gasteiger partial charge is 0.217 e. The van der Waals surface area contributed by atoms with E-state index < -0.39 is 0 Å². The van der Waals surface area contributed by atoms with Crippen molar-refractivity contribution >= 4 is 5.91 Å². The van der Waals surface area contributed by atoms with Crippen LogP contribution in [0.5, 0.6) is 0 Å². The summed E-state index contributed by atoms with van der Waals surface area (Å²) in [7, 11) is 0. The lowest BCUT2D eigenvalue weighted by Crippen LogP contribution is -2.09. The minimum Gasteiger partial charge on any atom is -0.370 e. The summed E-state index contributed by atoms with van der Waals surface area (Å²) in [5.74, 6) is -0.175.